The third-order valence-corrected chi connectivity index (χ3v) is 1.85. The highest BCUT2D eigenvalue weighted by Gasteiger charge is 2.07. The van der Waals surface area contributed by atoms with Crippen molar-refractivity contribution in [3.63, 3.8) is 0 Å². The second-order valence-corrected chi connectivity index (χ2v) is 2.96. The molecule has 1 aromatic rings. The lowest BCUT2D eigenvalue weighted by Gasteiger charge is -2.01. The normalized spacial score (nSPS) is 11.4. The predicted molar refractivity (Wildman–Crippen MR) is 59.1 cm³/mol. The van der Waals surface area contributed by atoms with Crippen molar-refractivity contribution in [1.29, 1.82) is 0 Å². The Balaban J connectivity index is 3.09. The molecule has 0 aliphatic heterocycles. The zero-order valence-electron chi connectivity index (χ0n) is 8.30. The molecule has 0 spiro atoms. The molecular formula is C9H12N4O2. The number of nitro benzene ring substituents is 1. The van der Waals surface area contributed by atoms with Crippen LogP contribution in [0.15, 0.2) is 23.2 Å². The van der Waals surface area contributed by atoms with E-state index in [0.717, 1.165) is 0 Å². The molecule has 80 valence electrons. The summed E-state index contributed by atoms with van der Waals surface area (Å²) in [4.78, 5) is 13.9. The molecular weight excluding hydrogens is 196 g/mol. The molecule has 0 unspecified atom stereocenters. The number of amidine groups is 1. The molecule has 0 aliphatic rings. The lowest BCUT2D eigenvalue weighted by Crippen LogP contribution is -2.08. The van der Waals surface area contributed by atoms with Crippen LogP contribution in [0.5, 0.6) is 0 Å². The number of hydrogen-bond acceptors (Lipinski definition) is 4. The van der Waals surface area contributed by atoms with Gasteiger partial charge in [0.15, 0.2) is 0 Å². The van der Waals surface area contributed by atoms with E-state index >= 15 is 0 Å². The van der Waals surface area contributed by atoms with Gasteiger partial charge in [-0.25, -0.2) is 4.99 Å². The Morgan fingerprint density at radius 3 is 2.73 bits per heavy atom. The molecule has 6 heteroatoms. The van der Waals surface area contributed by atoms with Crippen LogP contribution in [0.4, 0.5) is 17.1 Å². The second-order valence-electron chi connectivity index (χ2n) is 2.96. The van der Waals surface area contributed by atoms with Crippen molar-refractivity contribution in [3.8, 4) is 0 Å². The molecule has 0 amide bonds. The van der Waals surface area contributed by atoms with E-state index in [4.69, 9.17) is 11.5 Å². The largest absolute Gasteiger partial charge is 0.397 e. The first-order valence-electron chi connectivity index (χ1n) is 4.41. The number of benzene rings is 1. The Hall–Kier alpha value is -2.11. The summed E-state index contributed by atoms with van der Waals surface area (Å²) in [5.41, 5.74) is 11.8. The summed E-state index contributed by atoms with van der Waals surface area (Å²) in [5, 5.41) is 10.4. The number of nitrogen functional groups attached to an aromatic ring is 1. The fourth-order valence-electron chi connectivity index (χ4n) is 0.991. The molecule has 0 bridgehead atoms. The Morgan fingerprint density at radius 2 is 2.27 bits per heavy atom. The first-order valence-corrected chi connectivity index (χ1v) is 4.41. The molecule has 0 aromatic heterocycles. The predicted octanol–water partition coefficient (Wildman–Crippen LogP) is 1.58. The zero-order chi connectivity index (χ0) is 11.4. The van der Waals surface area contributed by atoms with Crippen molar-refractivity contribution in [2.45, 2.75) is 13.3 Å². The number of non-ortho nitro benzene ring substituents is 1. The summed E-state index contributed by atoms with van der Waals surface area (Å²) < 4.78 is 0. The van der Waals surface area contributed by atoms with Crippen molar-refractivity contribution >= 4 is 22.9 Å². The number of anilines is 1. The number of aliphatic imine (C=N–C) groups is 1. The number of rotatable bonds is 3. The molecule has 0 aliphatic carbocycles. The van der Waals surface area contributed by atoms with Gasteiger partial charge in [-0.2, -0.15) is 0 Å². The lowest BCUT2D eigenvalue weighted by atomic mass is 10.2. The maximum Gasteiger partial charge on any atom is 0.271 e. The fourth-order valence-corrected chi connectivity index (χ4v) is 0.991. The van der Waals surface area contributed by atoms with Gasteiger partial charge in [0.1, 0.15) is 0 Å². The fraction of sp³-hybridized carbons (Fsp3) is 0.222. The molecule has 6 nitrogen and oxygen atoms in total. The minimum Gasteiger partial charge on any atom is -0.397 e. The van der Waals surface area contributed by atoms with Crippen LogP contribution in [0.25, 0.3) is 0 Å². The van der Waals surface area contributed by atoms with Crippen molar-refractivity contribution in [1.82, 2.24) is 0 Å². The van der Waals surface area contributed by atoms with E-state index in [2.05, 4.69) is 4.99 Å². The number of nitro groups is 1. The van der Waals surface area contributed by atoms with Gasteiger partial charge in [0, 0.05) is 18.6 Å². The van der Waals surface area contributed by atoms with Crippen LogP contribution < -0.4 is 11.5 Å². The standard InChI is InChI=1S/C9H12N4O2/c1-2-9(11)12-8-4-3-6(13(14)15)5-7(8)10/h3-5H,2,10H2,1H3,(H2,11,12). The van der Waals surface area contributed by atoms with Crippen LogP contribution in [-0.2, 0) is 0 Å². The quantitative estimate of drug-likeness (QED) is 0.258. The van der Waals surface area contributed by atoms with Gasteiger partial charge < -0.3 is 11.5 Å². The molecule has 0 fully saturated rings. The van der Waals surface area contributed by atoms with E-state index in [1.165, 1.54) is 18.2 Å². The van der Waals surface area contributed by atoms with Gasteiger partial charge in [-0.1, -0.05) is 6.92 Å². The van der Waals surface area contributed by atoms with E-state index in [-0.39, 0.29) is 11.4 Å². The van der Waals surface area contributed by atoms with E-state index in [1.807, 2.05) is 6.92 Å². The monoisotopic (exact) mass is 208 g/mol. The summed E-state index contributed by atoms with van der Waals surface area (Å²) in [6.45, 7) is 1.86. The maximum atomic E-state index is 10.4. The average Bonchev–Trinajstić information content (AvgIpc) is 2.20. The Bertz CT molecular complexity index is 415. The third-order valence-electron chi connectivity index (χ3n) is 1.85. The molecule has 15 heavy (non-hydrogen) atoms. The van der Waals surface area contributed by atoms with Crippen molar-refractivity contribution in [2.75, 3.05) is 5.73 Å². The molecule has 0 atom stereocenters. The number of hydrogen-bond donors (Lipinski definition) is 2. The van der Waals surface area contributed by atoms with Gasteiger partial charge >= 0.3 is 0 Å². The highest BCUT2D eigenvalue weighted by atomic mass is 16.6. The van der Waals surface area contributed by atoms with Crippen LogP contribution in [0, 0.1) is 10.1 Å². The van der Waals surface area contributed by atoms with Gasteiger partial charge in [-0.05, 0) is 6.07 Å². The van der Waals surface area contributed by atoms with Gasteiger partial charge in [-0.3, -0.25) is 10.1 Å². The summed E-state index contributed by atoms with van der Waals surface area (Å²) in [6, 6.07) is 4.09. The van der Waals surface area contributed by atoms with Gasteiger partial charge in [-0.15, -0.1) is 0 Å². The maximum absolute atomic E-state index is 10.4. The van der Waals surface area contributed by atoms with Gasteiger partial charge in [0.05, 0.1) is 22.1 Å². The van der Waals surface area contributed by atoms with Crippen LogP contribution in [0.1, 0.15) is 13.3 Å². The van der Waals surface area contributed by atoms with E-state index < -0.39 is 4.92 Å². The summed E-state index contributed by atoms with van der Waals surface area (Å²) in [6.07, 6.45) is 0.608. The minimum absolute atomic E-state index is 0.0541. The van der Waals surface area contributed by atoms with Gasteiger partial charge in [0.25, 0.3) is 5.69 Å². The summed E-state index contributed by atoms with van der Waals surface area (Å²) in [5.74, 6) is 0.440. The SMILES string of the molecule is CCC(N)=Nc1ccc([N+](=O)[O-])cc1N. The van der Waals surface area contributed by atoms with E-state index in [1.54, 1.807) is 0 Å². The molecule has 1 rings (SSSR count). The second kappa shape index (κ2) is 4.41. The first kappa shape index (κ1) is 11.0. The molecule has 4 N–H and O–H groups in total. The van der Waals surface area contributed by atoms with Crippen LogP contribution in [0.3, 0.4) is 0 Å². The molecule has 0 saturated carbocycles. The Morgan fingerprint density at radius 1 is 1.60 bits per heavy atom. The Labute approximate surface area is 86.8 Å². The smallest absolute Gasteiger partial charge is 0.271 e. The number of nitrogens with zero attached hydrogens (tertiary/aromatic N) is 2. The zero-order valence-corrected chi connectivity index (χ0v) is 8.30. The molecule has 0 heterocycles. The number of nitrogens with two attached hydrogens (primary N) is 2. The molecule has 1 aromatic carbocycles. The van der Waals surface area contributed by atoms with Crippen LogP contribution in [-0.4, -0.2) is 10.8 Å². The average molecular weight is 208 g/mol. The Kier molecular flexibility index (Phi) is 3.22. The topological polar surface area (TPSA) is 108 Å². The summed E-state index contributed by atoms with van der Waals surface area (Å²) >= 11 is 0. The van der Waals surface area contributed by atoms with E-state index in [0.29, 0.717) is 17.9 Å². The minimum atomic E-state index is -0.507. The van der Waals surface area contributed by atoms with Crippen molar-refractivity contribution in [3.05, 3.63) is 28.3 Å². The highest BCUT2D eigenvalue weighted by molar-refractivity contribution is 5.85. The third kappa shape index (κ3) is 2.67. The first-order chi connectivity index (χ1) is 7.04. The molecule has 0 radical (unpaired) electrons. The van der Waals surface area contributed by atoms with Crippen molar-refractivity contribution < 1.29 is 4.92 Å². The lowest BCUT2D eigenvalue weighted by molar-refractivity contribution is -0.384. The highest BCUT2D eigenvalue weighted by Crippen LogP contribution is 2.26. The van der Waals surface area contributed by atoms with Crippen LogP contribution in [0.2, 0.25) is 0 Å². The van der Waals surface area contributed by atoms with Crippen molar-refractivity contribution in [2.24, 2.45) is 10.7 Å². The summed E-state index contributed by atoms with van der Waals surface area (Å²) in [7, 11) is 0. The molecule has 0 saturated heterocycles. The van der Waals surface area contributed by atoms with E-state index in [9.17, 15) is 10.1 Å². The van der Waals surface area contributed by atoms with Crippen LogP contribution >= 0.6 is 0 Å². The van der Waals surface area contributed by atoms with Gasteiger partial charge in [0.2, 0.25) is 0 Å².